The Kier molecular flexibility index (Phi) is 3.83. The van der Waals surface area contributed by atoms with Gasteiger partial charge in [-0.3, -0.25) is 0 Å². The summed E-state index contributed by atoms with van der Waals surface area (Å²) in [5.74, 6) is -1.13. The second kappa shape index (κ2) is 5.10. The van der Waals surface area contributed by atoms with Crippen LogP contribution in [0.4, 0.5) is 23.2 Å². The summed E-state index contributed by atoms with van der Waals surface area (Å²) in [5, 5.41) is 18.4. The molecular weight excluding hydrogens is 328 g/mol. The number of hydrogen-bond acceptors (Lipinski definition) is 5. The van der Waals surface area contributed by atoms with Crippen LogP contribution in [-0.2, 0) is 9.84 Å². The highest BCUT2D eigenvalue weighted by molar-refractivity contribution is 7.92. The van der Waals surface area contributed by atoms with E-state index in [-0.39, 0.29) is 25.2 Å². The lowest BCUT2D eigenvalue weighted by molar-refractivity contribution is -0.0436. The van der Waals surface area contributed by atoms with E-state index >= 15 is 0 Å². The molecule has 0 unspecified atom stereocenters. The number of β-amino-alcohol motifs (C(OH)–C–C–N with tert-alkyl or cyclic N) is 1. The van der Waals surface area contributed by atoms with Crippen molar-refractivity contribution in [3.63, 3.8) is 0 Å². The Balaban J connectivity index is 2.43. The van der Waals surface area contributed by atoms with E-state index in [4.69, 9.17) is 5.26 Å². The van der Waals surface area contributed by atoms with E-state index in [1.807, 2.05) is 0 Å². The third kappa shape index (κ3) is 2.74. The monoisotopic (exact) mass is 338 g/mol. The molecule has 0 spiro atoms. The Labute approximate surface area is 123 Å². The highest BCUT2D eigenvalue weighted by Gasteiger charge is 2.50. The van der Waals surface area contributed by atoms with Gasteiger partial charge in [0.15, 0.2) is 0 Å². The summed E-state index contributed by atoms with van der Waals surface area (Å²) in [6.45, 7) is -0.431. The molecule has 2 rings (SSSR count). The number of aliphatic hydroxyl groups is 1. The van der Waals surface area contributed by atoms with Crippen molar-refractivity contribution in [3.8, 4) is 6.07 Å². The molecule has 1 N–H and O–H groups in total. The predicted molar refractivity (Wildman–Crippen MR) is 67.0 cm³/mol. The highest BCUT2D eigenvalue weighted by atomic mass is 32.2. The zero-order chi connectivity index (χ0) is 16.8. The molecule has 1 aliphatic heterocycles. The molecule has 0 amide bonds. The number of sulfone groups is 1. The van der Waals surface area contributed by atoms with Crippen LogP contribution in [0.2, 0.25) is 0 Å². The van der Waals surface area contributed by atoms with E-state index in [1.165, 1.54) is 0 Å². The lowest BCUT2D eigenvalue weighted by Crippen LogP contribution is -2.62. The maximum absolute atomic E-state index is 13.2. The number of alkyl halides is 3. The second-order valence-corrected chi connectivity index (χ2v) is 6.89. The van der Waals surface area contributed by atoms with Crippen molar-refractivity contribution in [3.05, 3.63) is 24.0 Å². The minimum absolute atomic E-state index is 0.216. The average molecular weight is 338 g/mol. The fourth-order valence-corrected chi connectivity index (χ4v) is 3.17. The summed E-state index contributed by atoms with van der Waals surface area (Å²) in [6, 6.07) is 3.75. The standard InChI is InChI=1S/C12H10F4N2O3S/c13-8-1-2-9(18-6-11(19,7-18)3-4-17)10(5-8)22(20,21)12(14,15)16/h1-2,5,19H,3,6-7H2. The molecule has 1 aliphatic rings. The Morgan fingerprint density at radius 2 is 1.95 bits per heavy atom. The number of rotatable bonds is 3. The van der Waals surface area contributed by atoms with E-state index in [0.29, 0.717) is 6.07 Å². The van der Waals surface area contributed by atoms with Crippen LogP contribution in [0.5, 0.6) is 0 Å². The van der Waals surface area contributed by atoms with Crippen molar-refractivity contribution in [2.75, 3.05) is 18.0 Å². The zero-order valence-electron chi connectivity index (χ0n) is 10.9. The zero-order valence-corrected chi connectivity index (χ0v) is 11.7. The summed E-state index contributed by atoms with van der Waals surface area (Å²) in [4.78, 5) is -0.0610. The first kappa shape index (κ1) is 16.5. The van der Waals surface area contributed by atoms with Crippen molar-refractivity contribution < 1.29 is 31.1 Å². The van der Waals surface area contributed by atoms with Crippen LogP contribution in [-0.4, -0.2) is 37.7 Å². The lowest BCUT2D eigenvalue weighted by Gasteiger charge is -2.47. The molecule has 1 saturated heterocycles. The number of nitriles is 1. The van der Waals surface area contributed by atoms with Crippen LogP contribution in [0.15, 0.2) is 23.1 Å². The topological polar surface area (TPSA) is 81.4 Å². The SMILES string of the molecule is N#CCC1(O)CN(c2ccc(F)cc2S(=O)(=O)C(F)(F)F)C1. The van der Waals surface area contributed by atoms with Gasteiger partial charge in [0.25, 0.3) is 9.84 Å². The Bertz CT molecular complexity index is 734. The first-order chi connectivity index (χ1) is 10.00. The van der Waals surface area contributed by atoms with E-state index in [2.05, 4.69) is 0 Å². The minimum atomic E-state index is -5.73. The quantitative estimate of drug-likeness (QED) is 0.847. The Hall–Kier alpha value is -1.86. The molecule has 0 radical (unpaired) electrons. The van der Waals surface area contributed by atoms with Crippen molar-refractivity contribution >= 4 is 15.5 Å². The molecule has 22 heavy (non-hydrogen) atoms. The normalized spacial score (nSPS) is 17.7. The molecule has 1 heterocycles. The van der Waals surface area contributed by atoms with Crippen LogP contribution in [0.3, 0.4) is 0 Å². The first-order valence-corrected chi connectivity index (χ1v) is 7.44. The molecule has 0 aromatic heterocycles. The van der Waals surface area contributed by atoms with Crippen molar-refractivity contribution in [1.82, 2.24) is 0 Å². The van der Waals surface area contributed by atoms with Gasteiger partial charge < -0.3 is 10.0 Å². The molecule has 0 saturated carbocycles. The summed E-state index contributed by atoms with van der Waals surface area (Å²) in [5.41, 5.74) is -7.34. The van der Waals surface area contributed by atoms with Crippen LogP contribution in [0.25, 0.3) is 0 Å². The summed E-state index contributed by atoms with van der Waals surface area (Å²) < 4.78 is 74.2. The number of benzene rings is 1. The summed E-state index contributed by atoms with van der Waals surface area (Å²) in [7, 11) is -5.73. The Morgan fingerprint density at radius 3 is 2.45 bits per heavy atom. The molecule has 0 aliphatic carbocycles. The van der Waals surface area contributed by atoms with Gasteiger partial charge in [0.05, 0.1) is 18.2 Å². The molecule has 10 heteroatoms. The summed E-state index contributed by atoms with van der Waals surface area (Å²) in [6.07, 6.45) is -0.244. The molecular formula is C12H10F4N2O3S. The van der Waals surface area contributed by atoms with Gasteiger partial charge in [-0.15, -0.1) is 0 Å². The molecule has 1 aromatic carbocycles. The van der Waals surface area contributed by atoms with Crippen LogP contribution >= 0.6 is 0 Å². The fourth-order valence-electron chi connectivity index (χ4n) is 2.18. The van der Waals surface area contributed by atoms with E-state index in [0.717, 1.165) is 17.0 Å². The van der Waals surface area contributed by atoms with Crippen molar-refractivity contribution in [2.45, 2.75) is 22.4 Å². The summed E-state index contributed by atoms with van der Waals surface area (Å²) >= 11 is 0. The van der Waals surface area contributed by atoms with Gasteiger partial charge in [-0.2, -0.15) is 18.4 Å². The largest absolute Gasteiger partial charge is 0.501 e. The third-order valence-corrected chi connectivity index (χ3v) is 4.75. The van der Waals surface area contributed by atoms with Crippen LogP contribution in [0, 0.1) is 17.1 Å². The van der Waals surface area contributed by atoms with E-state index in [1.54, 1.807) is 6.07 Å². The van der Waals surface area contributed by atoms with Gasteiger partial charge >= 0.3 is 5.51 Å². The lowest BCUT2D eigenvalue weighted by atomic mass is 9.90. The smallest absolute Gasteiger partial charge is 0.385 e. The van der Waals surface area contributed by atoms with Crippen LogP contribution in [0.1, 0.15) is 6.42 Å². The third-order valence-electron chi connectivity index (χ3n) is 3.24. The molecule has 0 atom stereocenters. The minimum Gasteiger partial charge on any atom is -0.385 e. The second-order valence-electron chi connectivity index (χ2n) is 4.98. The van der Waals surface area contributed by atoms with Crippen LogP contribution < -0.4 is 4.90 Å². The maximum atomic E-state index is 13.2. The average Bonchev–Trinajstić information content (AvgIpc) is 2.34. The van der Waals surface area contributed by atoms with Gasteiger partial charge in [0, 0.05) is 13.1 Å². The maximum Gasteiger partial charge on any atom is 0.501 e. The molecule has 1 fully saturated rings. The van der Waals surface area contributed by atoms with Gasteiger partial charge in [-0.1, -0.05) is 0 Å². The number of nitrogens with zero attached hydrogens (tertiary/aromatic N) is 2. The number of anilines is 1. The van der Waals surface area contributed by atoms with Gasteiger partial charge in [-0.25, -0.2) is 12.8 Å². The fraction of sp³-hybridized carbons (Fsp3) is 0.417. The van der Waals surface area contributed by atoms with Gasteiger partial charge in [0.2, 0.25) is 0 Å². The number of halogens is 4. The van der Waals surface area contributed by atoms with Crippen molar-refractivity contribution in [2.24, 2.45) is 0 Å². The first-order valence-electron chi connectivity index (χ1n) is 5.95. The molecule has 5 nitrogen and oxygen atoms in total. The Morgan fingerprint density at radius 1 is 1.36 bits per heavy atom. The van der Waals surface area contributed by atoms with Gasteiger partial charge in [0.1, 0.15) is 16.3 Å². The highest BCUT2D eigenvalue weighted by Crippen LogP contribution is 2.39. The van der Waals surface area contributed by atoms with E-state index < -0.39 is 31.7 Å². The predicted octanol–water partition coefficient (Wildman–Crippen LogP) is 1.58. The number of hydrogen-bond donors (Lipinski definition) is 1. The van der Waals surface area contributed by atoms with Crippen molar-refractivity contribution in [1.29, 1.82) is 5.26 Å². The molecule has 120 valence electrons. The molecule has 1 aromatic rings. The van der Waals surface area contributed by atoms with Gasteiger partial charge in [-0.05, 0) is 18.2 Å². The van der Waals surface area contributed by atoms with E-state index in [9.17, 15) is 31.1 Å². The molecule has 0 bridgehead atoms.